The molecule has 0 amide bonds. The minimum atomic E-state index is -4.48. The van der Waals surface area contributed by atoms with E-state index in [1.807, 2.05) is 0 Å². The highest BCUT2D eigenvalue weighted by atomic mass is 35.5. The van der Waals surface area contributed by atoms with E-state index in [2.05, 4.69) is 10.3 Å². The van der Waals surface area contributed by atoms with Crippen molar-refractivity contribution in [3.8, 4) is 11.6 Å². The lowest BCUT2D eigenvalue weighted by atomic mass is 10.2. The van der Waals surface area contributed by atoms with Gasteiger partial charge in [-0.3, -0.25) is 0 Å². The van der Waals surface area contributed by atoms with Crippen molar-refractivity contribution < 1.29 is 17.9 Å². The zero-order valence-corrected chi connectivity index (χ0v) is 11.8. The number of aromatic nitrogens is 1. The zero-order chi connectivity index (χ0) is 15.5. The van der Waals surface area contributed by atoms with Gasteiger partial charge in [-0.2, -0.15) is 18.2 Å². The molecule has 0 spiro atoms. The van der Waals surface area contributed by atoms with Gasteiger partial charge in [0.05, 0.1) is 10.6 Å². The molecule has 0 atom stereocenters. The fraction of sp³-hybridized carbons (Fsp3) is 0.214. The summed E-state index contributed by atoms with van der Waals surface area (Å²) in [6.45, 7) is 2.20. The number of pyridine rings is 1. The molecule has 0 saturated heterocycles. The highest BCUT2D eigenvalue weighted by Crippen LogP contribution is 2.35. The van der Waals surface area contributed by atoms with Crippen LogP contribution in [-0.2, 0) is 6.18 Å². The minimum absolute atomic E-state index is 0.0920. The monoisotopic (exact) mass is 316 g/mol. The summed E-state index contributed by atoms with van der Waals surface area (Å²) >= 11 is 5.91. The molecule has 0 radical (unpaired) electrons. The van der Waals surface area contributed by atoms with Gasteiger partial charge < -0.3 is 10.1 Å². The van der Waals surface area contributed by atoms with Crippen molar-refractivity contribution >= 4 is 17.4 Å². The molecule has 7 heteroatoms. The Hall–Kier alpha value is -1.95. The normalized spacial score (nSPS) is 11.3. The number of alkyl halides is 3. The van der Waals surface area contributed by atoms with Gasteiger partial charge in [-0.1, -0.05) is 23.7 Å². The molecule has 1 heterocycles. The molecule has 2 aromatic rings. The number of nitrogens with zero attached hydrogens (tertiary/aromatic N) is 1. The second-order valence-electron chi connectivity index (χ2n) is 4.14. The molecule has 1 aromatic heterocycles. The second-order valence-corrected chi connectivity index (χ2v) is 4.55. The van der Waals surface area contributed by atoms with E-state index < -0.39 is 11.7 Å². The molecule has 2 rings (SSSR count). The third-order valence-corrected chi connectivity index (χ3v) is 2.85. The van der Waals surface area contributed by atoms with Gasteiger partial charge >= 0.3 is 6.18 Å². The second kappa shape index (κ2) is 6.22. The predicted molar refractivity (Wildman–Crippen MR) is 74.9 cm³/mol. The molecular formula is C14H12ClF3N2O. The van der Waals surface area contributed by atoms with Crippen molar-refractivity contribution in [2.45, 2.75) is 13.1 Å². The van der Waals surface area contributed by atoms with Gasteiger partial charge in [0, 0.05) is 12.6 Å². The summed E-state index contributed by atoms with van der Waals surface area (Å²) in [5, 5.41) is 3.03. The molecule has 112 valence electrons. The average molecular weight is 317 g/mol. The van der Waals surface area contributed by atoms with Crippen molar-refractivity contribution in [2.75, 3.05) is 11.9 Å². The third-order valence-electron chi connectivity index (χ3n) is 2.54. The van der Waals surface area contributed by atoms with Crippen LogP contribution in [0.1, 0.15) is 12.5 Å². The number of hydrogen-bond acceptors (Lipinski definition) is 3. The number of hydrogen-bond donors (Lipinski definition) is 1. The highest BCUT2D eigenvalue weighted by molar-refractivity contribution is 6.32. The third kappa shape index (κ3) is 4.01. The van der Waals surface area contributed by atoms with Crippen LogP contribution in [-0.4, -0.2) is 11.5 Å². The van der Waals surface area contributed by atoms with Crippen molar-refractivity contribution in [2.24, 2.45) is 0 Å². The number of rotatable bonds is 4. The molecular weight excluding hydrogens is 305 g/mol. The first kappa shape index (κ1) is 15.4. The molecule has 0 saturated carbocycles. The number of para-hydroxylation sites is 1. The molecule has 0 aliphatic carbocycles. The smallest absolute Gasteiger partial charge is 0.416 e. The summed E-state index contributed by atoms with van der Waals surface area (Å²) in [5.41, 5.74) is -0.837. The molecule has 1 aromatic carbocycles. The Balaban J connectivity index is 2.38. The van der Waals surface area contributed by atoms with E-state index in [0.717, 1.165) is 12.1 Å². The topological polar surface area (TPSA) is 34.1 Å². The van der Waals surface area contributed by atoms with Crippen molar-refractivity contribution in [1.82, 2.24) is 4.98 Å². The molecule has 0 aliphatic heterocycles. The maximum Gasteiger partial charge on any atom is 0.416 e. The van der Waals surface area contributed by atoms with Crippen LogP contribution in [0.5, 0.6) is 11.6 Å². The van der Waals surface area contributed by atoms with Crippen LogP contribution in [0.15, 0.2) is 36.4 Å². The van der Waals surface area contributed by atoms with Gasteiger partial charge in [0.1, 0.15) is 11.6 Å². The Kier molecular flexibility index (Phi) is 4.57. The van der Waals surface area contributed by atoms with E-state index in [1.165, 1.54) is 0 Å². The number of anilines is 1. The number of halogens is 4. The van der Waals surface area contributed by atoms with E-state index in [1.54, 1.807) is 31.2 Å². The summed E-state index contributed by atoms with van der Waals surface area (Å²) in [7, 11) is 0. The summed E-state index contributed by atoms with van der Waals surface area (Å²) < 4.78 is 44.0. The maximum atomic E-state index is 12.9. The number of benzene rings is 1. The standard InChI is InChI=1S/C14H12ClF3N2O/c1-2-19-12-7-9(14(16,17)18)8-13(20-12)21-11-6-4-3-5-10(11)15/h3-8H,2H2,1H3,(H,19,20). The van der Waals surface area contributed by atoms with Gasteiger partial charge in [-0.25, -0.2) is 0 Å². The summed E-state index contributed by atoms with van der Waals surface area (Å²) in [6, 6.07) is 8.26. The molecule has 0 aliphatic rings. The molecule has 0 unspecified atom stereocenters. The first-order chi connectivity index (χ1) is 9.90. The molecule has 0 fully saturated rings. The fourth-order valence-corrected chi connectivity index (χ4v) is 1.81. The average Bonchev–Trinajstić information content (AvgIpc) is 2.41. The Bertz CT molecular complexity index is 632. The van der Waals surface area contributed by atoms with Crippen molar-refractivity contribution in [3.63, 3.8) is 0 Å². The Morgan fingerprint density at radius 1 is 1.24 bits per heavy atom. The number of nitrogens with one attached hydrogen (secondary N) is 1. The van der Waals surface area contributed by atoms with Crippen molar-refractivity contribution in [3.05, 3.63) is 47.0 Å². The Morgan fingerprint density at radius 3 is 2.57 bits per heavy atom. The van der Waals surface area contributed by atoms with Crippen LogP contribution >= 0.6 is 11.6 Å². The summed E-state index contributed by atoms with van der Waals surface area (Å²) in [5.74, 6) is 0.164. The highest BCUT2D eigenvalue weighted by Gasteiger charge is 2.32. The Morgan fingerprint density at radius 2 is 1.95 bits per heavy atom. The quantitative estimate of drug-likeness (QED) is 0.864. The largest absolute Gasteiger partial charge is 0.437 e. The van der Waals surface area contributed by atoms with E-state index in [0.29, 0.717) is 11.6 Å². The van der Waals surface area contributed by atoms with E-state index >= 15 is 0 Å². The zero-order valence-electron chi connectivity index (χ0n) is 11.0. The Labute approximate surface area is 124 Å². The molecule has 3 nitrogen and oxygen atoms in total. The van der Waals surface area contributed by atoms with Gasteiger partial charge in [0.2, 0.25) is 5.88 Å². The predicted octanol–water partition coefficient (Wildman–Crippen LogP) is 4.98. The lowest BCUT2D eigenvalue weighted by Gasteiger charge is -2.13. The van der Waals surface area contributed by atoms with Crippen LogP contribution < -0.4 is 10.1 Å². The van der Waals surface area contributed by atoms with Crippen LogP contribution in [0.4, 0.5) is 19.0 Å². The molecule has 1 N–H and O–H groups in total. The van der Waals surface area contributed by atoms with Crippen LogP contribution in [0.3, 0.4) is 0 Å². The molecule has 0 bridgehead atoms. The van der Waals surface area contributed by atoms with Gasteiger partial charge in [0.15, 0.2) is 0 Å². The van der Waals surface area contributed by atoms with E-state index in [-0.39, 0.29) is 17.4 Å². The summed E-state index contributed by atoms with van der Waals surface area (Å²) in [6.07, 6.45) is -4.48. The van der Waals surface area contributed by atoms with Crippen LogP contribution in [0.25, 0.3) is 0 Å². The first-order valence-corrected chi connectivity index (χ1v) is 6.53. The van der Waals surface area contributed by atoms with Crippen LogP contribution in [0, 0.1) is 0 Å². The van der Waals surface area contributed by atoms with E-state index in [9.17, 15) is 13.2 Å². The minimum Gasteiger partial charge on any atom is -0.437 e. The van der Waals surface area contributed by atoms with Crippen molar-refractivity contribution in [1.29, 1.82) is 0 Å². The van der Waals surface area contributed by atoms with Gasteiger partial charge in [-0.15, -0.1) is 0 Å². The lowest BCUT2D eigenvalue weighted by Crippen LogP contribution is -2.08. The van der Waals surface area contributed by atoms with Gasteiger partial charge in [0.25, 0.3) is 0 Å². The SMILES string of the molecule is CCNc1cc(C(F)(F)F)cc(Oc2ccccc2Cl)n1. The number of ether oxygens (including phenoxy) is 1. The summed E-state index contributed by atoms with van der Waals surface area (Å²) in [4.78, 5) is 3.98. The lowest BCUT2D eigenvalue weighted by molar-refractivity contribution is -0.137. The van der Waals surface area contributed by atoms with Gasteiger partial charge in [-0.05, 0) is 25.1 Å². The van der Waals surface area contributed by atoms with E-state index in [4.69, 9.17) is 16.3 Å². The maximum absolute atomic E-state index is 12.9. The van der Waals surface area contributed by atoms with Crippen LogP contribution in [0.2, 0.25) is 5.02 Å². The molecule has 21 heavy (non-hydrogen) atoms. The fourth-order valence-electron chi connectivity index (χ4n) is 1.63. The first-order valence-electron chi connectivity index (χ1n) is 6.15.